The molecule has 106 valence electrons. The molecular formula is C14H16BrF3O. The van der Waals surface area contributed by atoms with Gasteiger partial charge in [-0.15, -0.1) is 0 Å². The van der Waals surface area contributed by atoms with E-state index in [1.807, 2.05) is 6.92 Å². The van der Waals surface area contributed by atoms with Gasteiger partial charge in [-0.3, -0.25) is 0 Å². The molecule has 1 aliphatic heterocycles. The molecule has 1 nitrogen and oxygen atoms in total. The molecule has 3 unspecified atom stereocenters. The Bertz CT molecular complexity index is 416. The van der Waals surface area contributed by atoms with Gasteiger partial charge < -0.3 is 4.74 Å². The van der Waals surface area contributed by atoms with Gasteiger partial charge >= 0.3 is 6.18 Å². The van der Waals surface area contributed by atoms with E-state index in [0.29, 0.717) is 5.92 Å². The third-order valence-corrected chi connectivity index (χ3v) is 4.52. The Hall–Kier alpha value is -0.550. The highest BCUT2D eigenvalue weighted by atomic mass is 79.9. The van der Waals surface area contributed by atoms with Crippen molar-refractivity contribution in [3.8, 4) is 0 Å². The molecule has 0 amide bonds. The van der Waals surface area contributed by atoms with Gasteiger partial charge in [-0.05, 0) is 43.4 Å². The van der Waals surface area contributed by atoms with Crippen molar-refractivity contribution in [2.75, 3.05) is 6.61 Å². The molecule has 1 fully saturated rings. The van der Waals surface area contributed by atoms with Crippen molar-refractivity contribution in [1.29, 1.82) is 0 Å². The molecule has 0 radical (unpaired) electrons. The zero-order valence-electron chi connectivity index (χ0n) is 10.6. The zero-order chi connectivity index (χ0) is 14.0. The molecule has 1 aromatic carbocycles. The van der Waals surface area contributed by atoms with Crippen LogP contribution in [0.2, 0.25) is 0 Å². The summed E-state index contributed by atoms with van der Waals surface area (Å²) in [7, 11) is 0. The minimum atomic E-state index is -4.26. The first-order valence-electron chi connectivity index (χ1n) is 6.28. The molecule has 0 aliphatic carbocycles. The summed E-state index contributed by atoms with van der Waals surface area (Å²) >= 11 is 3.62. The number of rotatable bonds is 3. The van der Waals surface area contributed by atoms with Crippen LogP contribution in [0.5, 0.6) is 0 Å². The largest absolute Gasteiger partial charge is 0.416 e. The van der Waals surface area contributed by atoms with Crippen LogP contribution in [0, 0.1) is 5.92 Å². The molecular weight excluding hydrogens is 321 g/mol. The molecule has 0 N–H and O–H groups in total. The van der Waals surface area contributed by atoms with Crippen molar-refractivity contribution >= 4 is 15.9 Å². The van der Waals surface area contributed by atoms with Gasteiger partial charge in [0.15, 0.2) is 0 Å². The van der Waals surface area contributed by atoms with E-state index in [1.54, 1.807) is 12.1 Å². The fraction of sp³-hybridized carbons (Fsp3) is 0.571. The molecule has 0 aromatic heterocycles. The number of ether oxygens (including phenoxy) is 1. The Morgan fingerprint density at radius 3 is 2.42 bits per heavy atom. The van der Waals surface area contributed by atoms with Gasteiger partial charge in [0.2, 0.25) is 0 Å². The van der Waals surface area contributed by atoms with Gasteiger partial charge in [-0.2, -0.15) is 13.2 Å². The molecule has 2 rings (SSSR count). The lowest BCUT2D eigenvalue weighted by atomic mass is 9.96. The quantitative estimate of drug-likeness (QED) is 0.741. The predicted molar refractivity (Wildman–Crippen MR) is 71.4 cm³/mol. The van der Waals surface area contributed by atoms with Crippen molar-refractivity contribution in [3.05, 3.63) is 35.4 Å². The highest BCUT2D eigenvalue weighted by Gasteiger charge is 2.31. The molecule has 3 atom stereocenters. The maximum atomic E-state index is 12.4. The Kier molecular flexibility index (Phi) is 4.56. The molecule has 1 aromatic rings. The lowest BCUT2D eigenvalue weighted by Crippen LogP contribution is -2.17. The second kappa shape index (κ2) is 5.83. The van der Waals surface area contributed by atoms with Crippen molar-refractivity contribution in [2.24, 2.45) is 5.92 Å². The maximum Gasteiger partial charge on any atom is 0.416 e. The van der Waals surface area contributed by atoms with Crippen molar-refractivity contribution in [2.45, 2.75) is 36.9 Å². The van der Waals surface area contributed by atoms with Gasteiger partial charge in [-0.1, -0.05) is 28.1 Å². The van der Waals surface area contributed by atoms with Crippen LogP contribution in [0.25, 0.3) is 0 Å². The Morgan fingerprint density at radius 1 is 1.32 bits per heavy atom. The number of hydrogen-bond acceptors (Lipinski definition) is 1. The first-order chi connectivity index (χ1) is 8.86. The van der Waals surface area contributed by atoms with Crippen LogP contribution >= 0.6 is 15.9 Å². The normalized spacial score (nSPS) is 25.5. The van der Waals surface area contributed by atoms with Crippen LogP contribution in [0.1, 0.15) is 24.5 Å². The van der Waals surface area contributed by atoms with Gasteiger partial charge in [0.25, 0.3) is 0 Å². The van der Waals surface area contributed by atoms with E-state index in [2.05, 4.69) is 15.9 Å². The number of benzene rings is 1. The second-order valence-electron chi connectivity index (χ2n) is 5.05. The van der Waals surface area contributed by atoms with E-state index in [9.17, 15) is 13.2 Å². The van der Waals surface area contributed by atoms with Crippen molar-refractivity contribution < 1.29 is 17.9 Å². The van der Waals surface area contributed by atoms with Crippen LogP contribution in [-0.2, 0) is 17.3 Å². The van der Waals surface area contributed by atoms with Crippen LogP contribution in [0.4, 0.5) is 13.2 Å². The summed E-state index contributed by atoms with van der Waals surface area (Å²) in [6, 6.07) is 5.39. The predicted octanol–water partition coefficient (Wildman–Crippen LogP) is 4.44. The number of hydrogen-bond donors (Lipinski definition) is 0. The summed E-state index contributed by atoms with van der Waals surface area (Å²) < 4.78 is 42.8. The van der Waals surface area contributed by atoms with E-state index in [1.165, 1.54) is 0 Å². The van der Waals surface area contributed by atoms with Gasteiger partial charge in [0.05, 0.1) is 18.3 Å². The third-order valence-electron chi connectivity index (χ3n) is 3.45. The summed E-state index contributed by atoms with van der Waals surface area (Å²) in [6.45, 7) is 2.76. The van der Waals surface area contributed by atoms with Crippen molar-refractivity contribution in [3.63, 3.8) is 0 Å². The van der Waals surface area contributed by atoms with Crippen LogP contribution < -0.4 is 0 Å². The molecule has 0 spiro atoms. The summed E-state index contributed by atoms with van der Waals surface area (Å²) in [4.78, 5) is 0.245. The summed E-state index contributed by atoms with van der Waals surface area (Å²) in [6.07, 6.45) is -2.27. The fourth-order valence-corrected chi connectivity index (χ4v) is 3.07. The lowest BCUT2D eigenvalue weighted by molar-refractivity contribution is -0.137. The molecule has 0 bridgehead atoms. The van der Waals surface area contributed by atoms with Gasteiger partial charge in [-0.25, -0.2) is 0 Å². The average molecular weight is 337 g/mol. The summed E-state index contributed by atoms with van der Waals surface area (Å²) in [5, 5.41) is 0. The van der Waals surface area contributed by atoms with E-state index in [4.69, 9.17) is 4.74 Å². The topological polar surface area (TPSA) is 9.23 Å². The third kappa shape index (κ3) is 3.96. The standard InChI is InChI=1S/C14H16BrF3O/c1-9-6-11(8-19-9)13(15)7-10-2-4-12(5-3-10)14(16,17)18/h2-5,9,11,13H,6-8H2,1H3. The SMILES string of the molecule is CC1CC(C(Br)Cc2ccc(C(F)(F)F)cc2)CO1. The highest BCUT2D eigenvalue weighted by Crippen LogP contribution is 2.31. The molecule has 1 saturated heterocycles. The van der Waals surface area contributed by atoms with Crippen LogP contribution in [0.15, 0.2) is 24.3 Å². The summed E-state index contributed by atoms with van der Waals surface area (Å²) in [5.74, 6) is 0.428. The second-order valence-corrected chi connectivity index (χ2v) is 6.23. The summed E-state index contributed by atoms with van der Waals surface area (Å²) in [5.41, 5.74) is 0.314. The van der Waals surface area contributed by atoms with E-state index >= 15 is 0 Å². The Morgan fingerprint density at radius 2 is 1.95 bits per heavy atom. The Labute approximate surface area is 119 Å². The maximum absolute atomic E-state index is 12.4. The Balaban J connectivity index is 1.96. The number of alkyl halides is 4. The highest BCUT2D eigenvalue weighted by molar-refractivity contribution is 9.09. The monoisotopic (exact) mass is 336 g/mol. The number of halogens is 4. The molecule has 0 saturated carbocycles. The van der Waals surface area contributed by atoms with E-state index in [-0.39, 0.29) is 10.9 Å². The molecule has 19 heavy (non-hydrogen) atoms. The fourth-order valence-electron chi connectivity index (χ4n) is 2.32. The average Bonchev–Trinajstić information content (AvgIpc) is 2.75. The van der Waals surface area contributed by atoms with Crippen molar-refractivity contribution in [1.82, 2.24) is 0 Å². The van der Waals surface area contributed by atoms with Crippen LogP contribution in [-0.4, -0.2) is 17.5 Å². The lowest BCUT2D eigenvalue weighted by Gasteiger charge is -2.16. The molecule has 1 heterocycles. The first kappa shape index (κ1) is 14.9. The van der Waals surface area contributed by atoms with Gasteiger partial charge in [0.1, 0.15) is 0 Å². The molecule has 5 heteroatoms. The first-order valence-corrected chi connectivity index (χ1v) is 7.19. The zero-order valence-corrected chi connectivity index (χ0v) is 12.2. The minimum absolute atomic E-state index is 0.245. The molecule has 1 aliphatic rings. The van der Waals surface area contributed by atoms with E-state index in [0.717, 1.165) is 37.1 Å². The van der Waals surface area contributed by atoms with E-state index < -0.39 is 11.7 Å². The smallest absolute Gasteiger partial charge is 0.378 e. The van der Waals surface area contributed by atoms with Gasteiger partial charge in [0, 0.05) is 4.83 Å². The minimum Gasteiger partial charge on any atom is -0.378 e. The van der Waals surface area contributed by atoms with Crippen LogP contribution in [0.3, 0.4) is 0 Å².